The van der Waals surface area contributed by atoms with Crippen LogP contribution in [0.25, 0.3) is 32.9 Å². The molecule has 0 saturated heterocycles. The van der Waals surface area contributed by atoms with Crippen molar-refractivity contribution in [3.8, 4) is 11.1 Å². The molecular weight excluding hydrogens is 404 g/mol. The van der Waals surface area contributed by atoms with Crippen LogP contribution in [0.3, 0.4) is 0 Å². The molecule has 4 aromatic carbocycles. The lowest BCUT2D eigenvalue weighted by molar-refractivity contribution is 0.239. The third-order valence-corrected chi connectivity index (χ3v) is 6.74. The van der Waals surface area contributed by atoms with Crippen LogP contribution in [0.15, 0.2) is 97.8 Å². The fraction of sp³-hybridized carbons (Fsp3) is 0.133. The Balaban J connectivity index is 1.48. The van der Waals surface area contributed by atoms with Gasteiger partial charge < -0.3 is 14.6 Å². The van der Waals surface area contributed by atoms with Gasteiger partial charge in [0, 0.05) is 33.2 Å². The molecule has 0 amide bonds. The minimum atomic E-state index is 0.609. The van der Waals surface area contributed by atoms with E-state index >= 15 is 0 Å². The van der Waals surface area contributed by atoms with Crippen molar-refractivity contribution in [1.82, 2.24) is 4.57 Å². The largest absolute Gasteiger partial charge is 0.500 e. The Morgan fingerprint density at radius 3 is 2.58 bits per heavy atom. The van der Waals surface area contributed by atoms with Crippen LogP contribution in [0.1, 0.15) is 11.1 Å². The molecule has 162 valence electrons. The van der Waals surface area contributed by atoms with E-state index in [0.717, 1.165) is 19.4 Å². The highest BCUT2D eigenvalue weighted by Crippen LogP contribution is 2.38. The fourth-order valence-electron chi connectivity index (χ4n) is 5.20. The summed E-state index contributed by atoms with van der Waals surface area (Å²) in [4.78, 5) is 0. The van der Waals surface area contributed by atoms with Gasteiger partial charge in [0.05, 0.1) is 12.8 Å². The van der Waals surface area contributed by atoms with Gasteiger partial charge in [-0.25, -0.2) is 0 Å². The zero-order valence-corrected chi connectivity index (χ0v) is 18.6. The van der Waals surface area contributed by atoms with Crippen LogP contribution < -0.4 is 5.32 Å². The lowest BCUT2D eigenvalue weighted by atomic mass is 9.94. The highest BCUT2D eigenvalue weighted by atomic mass is 16.5. The summed E-state index contributed by atoms with van der Waals surface area (Å²) >= 11 is 0. The number of benzene rings is 4. The smallest absolute Gasteiger partial charge is 0.105 e. The highest BCUT2D eigenvalue weighted by molar-refractivity contribution is 6.09. The van der Waals surface area contributed by atoms with Gasteiger partial charge in [-0.2, -0.15) is 0 Å². The molecule has 0 saturated carbocycles. The van der Waals surface area contributed by atoms with Crippen LogP contribution >= 0.6 is 0 Å². The molecule has 0 bridgehead atoms. The minimum absolute atomic E-state index is 0.609. The zero-order valence-electron chi connectivity index (χ0n) is 18.6. The van der Waals surface area contributed by atoms with Crippen molar-refractivity contribution in [2.24, 2.45) is 0 Å². The molecule has 2 heterocycles. The van der Waals surface area contributed by atoms with Crippen molar-refractivity contribution in [1.29, 1.82) is 0 Å². The first-order valence-electron chi connectivity index (χ1n) is 11.5. The molecule has 5 aromatic rings. The summed E-state index contributed by atoms with van der Waals surface area (Å²) in [5.41, 5.74) is 10.2. The fourth-order valence-corrected chi connectivity index (χ4v) is 5.20. The first kappa shape index (κ1) is 19.7. The molecule has 1 aliphatic rings. The summed E-state index contributed by atoms with van der Waals surface area (Å²) in [5.74, 6) is 0. The normalized spacial score (nSPS) is 12.6. The summed E-state index contributed by atoms with van der Waals surface area (Å²) < 4.78 is 7.78. The molecule has 0 spiro atoms. The molecule has 6 rings (SSSR count). The SMILES string of the molecule is C=COCCn1c2ccccc2c2cc(-c3cccc4c3CCc3ccccc3N4)ccc21. The summed E-state index contributed by atoms with van der Waals surface area (Å²) in [6.45, 7) is 5.07. The number of fused-ring (bicyclic) bond motifs is 5. The third kappa shape index (κ3) is 3.37. The number of hydrogen-bond donors (Lipinski definition) is 1. The molecule has 1 N–H and O–H groups in total. The Morgan fingerprint density at radius 2 is 1.64 bits per heavy atom. The van der Waals surface area contributed by atoms with Gasteiger partial charge in [0.15, 0.2) is 0 Å². The van der Waals surface area contributed by atoms with Gasteiger partial charge >= 0.3 is 0 Å². The molecule has 33 heavy (non-hydrogen) atoms. The average molecular weight is 431 g/mol. The van der Waals surface area contributed by atoms with Crippen LogP contribution in [0.4, 0.5) is 11.4 Å². The second-order valence-corrected chi connectivity index (χ2v) is 8.55. The summed E-state index contributed by atoms with van der Waals surface area (Å²) in [5, 5.41) is 6.25. The molecule has 3 nitrogen and oxygen atoms in total. The number of hydrogen-bond acceptors (Lipinski definition) is 2. The van der Waals surface area contributed by atoms with Gasteiger partial charge in [-0.05, 0) is 65.4 Å². The molecule has 0 fully saturated rings. The average Bonchev–Trinajstić information content (AvgIpc) is 3.03. The number of aryl methyl sites for hydroxylation is 1. The Kier molecular flexibility index (Phi) is 4.88. The Hall–Kier alpha value is -3.98. The number of aromatic nitrogens is 1. The third-order valence-electron chi connectivity index (χ3n) is 6.74. The van der Waals surface area contributed by atoms with Crippen molar-refractivity contribution in [3.05, 3.63) is 109 Å². The summed E-state index contributed by atoms with van der Waals surface area (Å²) in [7, 11) is 0. The van der Waals surface area contributed by atoms with Crippen LogP contribution in [-0.2, 0) is 24.1 Å². The van der Waals surface area contributed by atoms with E-state index in [2.05, 4.69) is 101 Å². The lowest BCUT2D eigenvalue weighted by Crippen LogP contribution is -2.03. The number of ether oxygens (including phenoxy) is 1. The van der Waals surface area contributed by atoms with Gasteiger partial charge in [-0.3, -0.25) is 0 Å². The van der Waals surface area contributed by atoms with E-state index in [4.69, 9.17) is 4.74 Å². The van der Waals surface area contributed by atoms with E-state index in [1.54, 1.807) is 0 Å². The van der Waals surface area contributed by atoms with E-state index in [1.807, 2.05) is 0 Å². The van der Waals surface area contributed by atoms with E-state index in [9.17, 15) is 0 Å². The lowest BCUT2D eigenvalue weighted by Gasteiger charge is -2.14. The number of anilines is 2. The number of para-hydroxylation sites is 2. The first-order chi connectivity index (χ1) is 16.3. The van der Waals surface area contributed by atoms with Crippen LogP contribution in [-0.4, -0.2) is 11.2 Å². The van der Waals surface area contributed by atoms with Gasteiger partial charge in [0.2, 0.25) is 0 Å². The van der Waals surface area contributed by atoms with Gasteiger partial charge in [0.25, 0.3) is 0 Å². The number of rotatable bonds is 5. The van der Waals surface area contributed by atoms with Gasteiger partial charge in [-0.1, -0.05) is 61.2 Å². The zero-order chi connectivity index (χ0) is 22.2. The maximum absolute atomic E-state index is 5.43. The monoisotopic (exact) mass is 430 g/mol. The van der Waals surface area contributed by atoms with Crippen molar-refractivity contribution in [2.75, 3.05) is 11.9 Å². The molecule has 1 aliphatic heterocycles. The number of nitrogens with one attached hydrogen (secondary N) is 1. The number of nitrogens with zero attached hydrogens (tertiary/aromatic N) is 1. The van der Waals surface area contributed by atoms with Crippen molar-refractivity contribution in [2.45, 2.75) is 19.4 Å². The first-order valence-corrected chi connectivity index (χ1v) is 11.5. The van der Waals surface area contributed by atoms with E-state index in [1.165, 1.54) is 61.7 Å². The molecule has 0 atom stereocenters. The molecule has 0 aliphatic carbocycles. The Bertz CT molecular complexity index is 1490. The maximum Gasteiger partial charge on any atom is 0.105 e. The second kappa shape index (κ2) is 8.18. The molecular formula is C30H26N2O. The Morgan fingerprint density at radius 1 is 0.818 bits per heavy atom. The molecule has 1 aromatic heterocycles. The van der Waals surface area contributed by atoms with Crippen LogP contribution in [0.5, 0.6) is 0 Å². The quantitative estimate of drug-likeness (QED) is 0.231. The van der Waals surface area contributed by atoms with Gasteiger partial charge in [0.1, 0.15) is 6.61 Å². The van der Waals surface area contributed by atoms with E-state index in [0.29, 0.717) is 6.61 Å². The second-order valence-electron chi connectivity index (χ2n) is 8.55. The van der Waals surface area contributed by atoms with Crippen molar-refractivity contribution in [3.63, 3.8) is 0 Å². The van der Waals surface area contributed by atoms with Crippen molar-refractivity contribution < 1.29 is 4.74 Å². The minimum Gasteiger partial charge on any atom is -0.500 e. The molecule has 0 unspecified atom stereocenters. The molecule has 3 heteroatoms. The molecule has 0 radical (unpaired) electrons. The summed E-state index contributed by atoms with van der Waals surface area (Å²) in [6, 6.07) is 30.8. The van der Waals surface area contributed by atoms with E-state index in [-0.39, 0.29) is 0 Å². The van der Waals surface area contributed by atoms with E-state index < -0.39 is 0 Å². The van der Waals surface area contributed by atoms with Crippen LogP contribution in [0, 0.1) is 0 Å². The highest BCUT2D eigenvalue weighted by Gasteiger charge is 2.17. The summed E-state index contributed by atoms with van der Waals surface area (Å²) in [6.07, 6.45) is 3.58. The predicted octanol–water partition coefficient (Wildman–Crippen LogP) is 7.46. The standard InChI is InChI=1S/C30H26N2O/c1-2-33-19-18-32-29-13-6-4-9-25(29)26-20-22(15-17-30(26)32)23-10-7-12-28-24(23)16-14-21-8-3-5-11-27(21)31-28/h2-13,15,17,20,31H,1,14,16,18-19H2. The van der Waals surface area contributed by atoms with Gasteiger partial charge in [-0.15, -0.1) is 0 Å². The Labute approximate surface area is 193 Å². The maximum atomic E-state index is 5.43. The predicted molar refractivity (Wildman–Crippen MR) is 138 cm³/mol. The van der Waals surface area contributed by atoms with Crippen molar-refractivity contribution >= 4 is 33.2 Å². The topological polar surface area (TPSA) is 26.2 Å². The van der Waals surface area contributed by atoms with Crippen LogP contribution in [0.2, 0.25) is 0 Å².